The first-order valence-electron chi connectivity index (χ1n) is 6.62. The van der Waals surface area contributed by atoms with Crippen molar-refractivity contribution < 1.29 is 4.39 Å². The Kier molecular flexibility index (Phi) is 4.63. The molecule has 2 aromatic rings. The molecule has 0 aliphatic heterocycles. The van der Waals surface area contributed by atoms with Gasteiger partial charge in [-0.15, -0.1) is 0 Å². The Morgan fingerprint density at radius 1 is 1.05 bits per heavy atom. The minimum absolute atomic E-state index is 0.194. The second kappa shape index (κ2) is 6.43. The summed E-state index contributed by atoms with van der Waals surface area (Å²) in [7, 11) is 0. The SMILES string of the molecule is CCC(NC(C)c1ccncc1)c1ccc(F)cc1. The first-order valence-corrected chi connectivity index (χ1v) is 6.62. The van der Waals surface area contributed by atoms with E-state index in [1.807, 2.05) is 24.3 Å². The Bertz CT molecular complexity index is 496. The van der Waals surface area contributed by atoms with Gasteiger partial charge in [0.15, 0.2) is 0 Å². The summed E-state index contributed by atoms with van der Waals surface area (Å²) in [5.74, 6) is -0.194. The maximum absolute atomic E-state index is 13.0. The first-order chi connectivity index (χ1) is 9.20. The number of hydrogen-bond donors (Lipinski definition) is 1. The zero-order valence-electron chi connectivity index (χ0n) is 11.3. The smallest absolute Gasteiger partial charge is 0.123 e. The van der Waals surface area contributed by atoms with Gasteiger partial charge in [-0.1, -0.05) is 19.1 Å². The second-order valence-electron chi connectivity index (χ2n) is 4.68. The van der Waals surface area contributed by atoms with Gasteiger partial charge >= 0.3 is 0 Å². The van der Waals surface area contributed by atoms with Crippen LogP contribution in [-0.2, 0) is 0 Å². The third-order valence-corrected chi connectivity index (χ3v) is 3.34. The summed E-state index contributed by atoms with van der Waals surface area (Å²) < 4.78 is 13.0. The van der Waals surface area contributed by atoms with Crippen molar-refractivity contribution >= 4 is 0 Å². The van der Waals surface area contributed by atoms with Gasteiger partial charge < -0.3 is 5.32 Å². The van der Waals surface area contributed by atoms with Crippen molar-refractivity contribution in [1.82, 2.24) is 10.3 Å². The second-order valence-corrected chi connectivity index (χ2v) is 4.68. The van der Waals surface area contributed by atoms with Gasteiger partial charge in [-0.25, -0.2) is 4.39 Å². The molecular formula is C16H19FN2. The summed E-state index contributed by atoms with van der Waals surface area (Å²) in [5, 5.41) is 3.57. The molecule has 3 heteroatoms. The summed E-state index contributed by atoms with van der Waals surface area (Å²) in [4.78, 5) is 4.03. The number of aromatic nitrogens is 1. The molecule has 2 rings (SSSR count). The molecule has 0 fully saturated rings. The Morgan fingerprint density at radius 2 is 1.68 bits per heavy atom. The van der Waals surface area contributed by atoms with Crippen molar-refractivity contribution in [2.75, 3.05) is 0 Å². The van der Waals surface area contributed by atoms with E-state index < -0.39 is 0 Å². The number of nitrogens with zero attached hydrogens (tertiary/aromatic N) is 1. The van der Waals surface area contributed by atoms with E-state index in [-0.39, 0.29) is 17.9 Å². The Labute approximate surface area is 113 Å². The molecule has 2 atom stereocenters. The minimum Gasteiger partial charge on any atom is -0.303 e. The van der Waals surface area contributed by atoms with Crippen molar-refractivity contribution in [3.05, 3.63) is 65.7 Å². The predicted octanol–water partition coefficient (Wildman–Crippen LogP) is 4.02. The molecule has 2 unspecified atom stereocenters. The van der Waals surface area contributed by atoms with E-state index in [4.69, 9.17) is 0 Å². The van der Waals surface area contributed by atoms with Crippen LogP contribution < -0.4 is 5.32 Å². The average molecular weight is 258 g/mol. The van der Waals surface area contributed by atoms with Crippen molar-refractivity contribution in [2.24, 2.45) is 0 Å². The van der Waals surface area contributed by atoms with Crippen LogP contribution in [0.15, 0.2) is 48.8 Å². The molecule has 0 aliphatic carbocycles. The summed E-state index contributed by atoms with van der Waals surface area (Å²) >= 11 is 0. The maximum Gasteiger partial charge on any atom is 0.123 e. The predicted molar refractivity (Wildman–Crippen MR) is 75.2 cm³/mol. The molecule has 0 saturated carbocycles. The van der Waals surface area contributed by atoms with Crippen LogP contribution in [0.4, 0.5) is 4.39 Å². The summed E-state index contributed by atoms with van der Waals surface area (Å²) in [5.41, 5.74) is 2.32. The monoisotopic (exact) mass is 258 g/mol. The molecule has 0 saturated heterocycles. The topological polar surface area (TPSA) is 24.9 Å². The maximum atomic E-state index is 13.0. The molecule has 1 N–H and O–H groups in total. The van der Waals surface area contributed by atoms with Crippen molar-refractivity contribution in [2.45, 2.75) is 32.4 Å². The van der Waals surface area contributed by atoms with Crippen LogP contribution in [0, 0.1) is 5.82 Å². The van der Waals surface area contributed by atoms with Crippen molar-refractivity contribution in [1.29, 1.82) is 0 Å². The number of benzene rings is 1. The van der Waals surface area contributed by atoms with Crippen LogP contribution >= 0.6 is 0 Å². The van der Waals surface area contributed by atoms with E-state index in [1.165, 1.54) is 17.7 Å². The van der Waals surface area contributed by atoms with Crippen LogP contribution in [0.2, 0.25) is 0 Å². The van der Waals surface area contributed by atoms with Crippen molar-refractivity contribution in [3.8, 4) is 0 Å². The van der Waals surface area contributed by atoms with Gasteiger partial charge in [0.2, 0.25) is 0 Å². The Hall–Kier alpha value is -1.74. The highest BCUT2D eigenvalue weighted by Gasteiger charge is 2.13. The van der Waals surface area contributed by atoms with Gasteiger partial charge in [0.25, 0.3) is 0 Å². The van der Waals surface area contributed by atoms with E-state index in [1.54, 1.807) is 12.4 Å². The number of nitrogens with one attached hydrogen (secondary N) is 1. The summed E-state index contributed by atoms with van der Waals surface area (Å²) in [6.45, 7) is 4.25. The molecule has 0 amide bonds. The van der Waals surface area contributed by atoms with E-state index in [0.717, 1.165) is 12.0 Å². The molecule has 0 aliphatic rings. The van der Waals surface area contributed by atoms with Crippen molar-refractivity contribution in [3.63, 3.8) is 0 Å². The Balaban J connectivity index is 2.09. The highest BCUT2D eigenvalue weighted by Crippen LogP contribution is 2.22. The molecule has 100 valence electrons. The molecular weight excluding hydrogens is 239 g/mol. The van der Waals surface area contributed by atoms with Gasteiger partial charge in [0, 0.05) is 24.5 Å². The van der Waals surface area contributed by atoms with Crippen LogP contribution in [0.1, 0.15) is 43.5 Å². The average Bonchev–Trinajstić information content (AvgIpc) is 2.46. The van der Waals surface area contributed by atoms with Crippen LogP contribution in [0.25, 0.3) is 0 Å². The highest BCUT2D eigenvalue weighted by atomic mass is 19.1. The summed E-state index contributed by atoms with van der Waals surface area (Å²) in [6, 6.07) is 11.2. The molecule has 19 heavy (non-hydrogen) atoms. The zero-order valence-corrected chi connectivity index (χ0v) is 11.3. The number of pyridine rings is 1. The largest absolute Gasteiger partial charge is 0.303 e. The molecule has 1 heterocycles. The summed E-state index contributed by atoms with van der Waals surface area (Å²) in [6.07, 6.45) is 4.56. The molecule has 2 nitrogen and oxygen atoms in total. The van der Waals surface area contributed by atoms with E-state index in [0.29, 0.717) is 0 Å². The fourth-order valence-electron chi connectivity index (χ4n) is 2.19. The zero-order chi connectivity index (χ0) is 13.7. The van der Waals surface area contributed by atoms with Gasteiger partial charge in [0.1, 0.15) is 5.82 Å². The lowest BCUT2D eigenvalue weighted by Gasteiger charge is -2.23. The molecule has 0 radical (unpaired) electrons. The fourth-order valence-corrected chi connectivity index (χ4v) is 2.19. The molecule has 0 bridgehead atoms. The molecule has 1 aromatic heterocycles. The van der Waals surface area contributed by atoms with Crippen LogP contribution in [0.3, 0.4) is 0 Å². The number of hydrogen-bond acceptors (Lipinski definition) is 2. The quantitative estimate of drug-likeness (QED) is 0.876. The lowest BCUT2D eigenvalue weighted by molar-refractivity contribution is 0.455. The Morgan fingerprint density at radius 3 is 2.26 bits per heavy atom. The van der Waals surface area contributed by atoms with Gasteiger partial charge in [0.05, 0.1) is 0 Å². The molecule has 1 aromatic carbocycles. The van der Waals surface area contributed by atoms with Gasteiger partial charge in [-0.2, -0.15) is 0 Å². The van der Waals surface area contributed by atoms with Crippen LogP contribution in [-0.4, -0.2) is 4.98 Å². The normalized spacial score (nSPS) is 14.1. The van der Waals surface area contributed by atoms with E-state index >= 15 is 0 Å². The van der Waals surface area contributed by atoms with Crippen LogP contribution in [0.5, 0.6) is 0 Å². The third-order valence-electron chi connectivity index (χ3n) is 3.34. The molecule has 0 spiro atoms. The number of halogens is 1. The number of rotatable bonds is 5. The standard InChI is InChI=1S/C16H19FN2/c1-3-16(14-4-6-15(17)7-5-14)19-12(2)13-8-10-18-11-9-13/h4-12,16,19H,3H2,1-2H3. The third kappa shape index (κ3) is 3.61. The highest BCUT2D eigenvalue weighted by molar-refractivity contribution is 5.21. The van der Waals surface area contributed by atoms with Gasteiger partial charge in [-0.3, -0.25) is 4.98 Å². The fraction of sp³-hybridized carbons (Fsp3) is 0.312. The van der Waals surface area contributed by atoms with Gasteiger partial charge in [-0.05, 0) is 48.7 Å². The lowest BCUT2D eigenvalue weighted by Crippen LogP contribution is -2.24. The van der Waals surface area contributed by atoms with E-state index in [9.17, 15) is 4.39 Å². The first kappa shape index (κ1) is 13.7. The van der Waals surface area contributed by atoms with E-state index in [2.05, 4.69) is 24.1 Å². The lowest BCUT2D eigenvalue weighted by atomic mass is 10.0. The minimum atomic E-state index is -0.194.